The lowest BCUT2D eigenvalue weighted by atomic mass is 9.85. The third-order valence-electron chi connectivity index (χ3n) is 6.51. The van der Waals surface area contributed by atoms with Crippen molar-refractivity contribution in [3.05, 3.63) is 28.8 Å². The monoisotopic (exact) mass is 378 g/mol. The van der Waals surface area contributed by atoms with E-state index in [-0.39, 0.29) is 12.1 Å². The predicted octanol–water partition coefficient (Wildman–Crippen LogP) is 3.30. The zero-order valence-electron chi connectivity index (χ0n) is 15.1. The van der Waals surface area contributed by atoms with Crippen molar-refractivity contribution in [2.45, 2.75) is 50.6 Å². The minimum atomic E-state index is -0.755. The molecule has 0 amide bonds. The Morgan fingerprint density at radius 3 is 2.69 bits per heavy atom. The van der Waals surface area contributed by atoms with Gasteiger partial charge in [0.15, 0.2) is 0 Å². The quantitative estimate of drug-likeness (QED) is 0.795. The number of nitrogens with one attached hydrogen (secondary N) is 1. The number of likely N-dealkylation sites (tertiary alicyclic amines) is 1. The Balaban J connectivity index is 1.52. The number of nitrogens with zero attached hydrogens (tertiary/aromatic N) is 1. The molecule has 5 nitrogen and oxygen atoms in total. The summed E-state index contributed by atoms with van der Waals surface area (Å²) < 4.78 is 5.99. The van der Waals surface area contributed by atoms with Crippen LogP contribution in [-0.4, -0.2) is 47.8 Å². The van der Waals surface area contributed by atoms with Crippen LogP contribution >= 0.6 is 11.6 Å². The third-order valence-corrected chi connectivity index (χ3v) is 6.87. The molecule has 0 unspecified atom stereocenters. The smallest absolute Gasteiger partial charge is 0.313 e. The van der Waals surface area contributed by atoms with Gasteiger partial charge in [-0.2, -0.15) is 0 Å². The van der Waals surface area contributed by atoms with Crippen LogP contribution in [0.2, 0.25) is 5.02 Å². The fourth-order valence-electron chi connectivity index (χ4n) is 4.50. The van der Waals surface area contributed by atoms with Crippen molar-refractivity contribution in [3.63, 3.8) is 0 Å². The van der Waals surface area contributed by atoms with E-state index in [0.29, 0.717) is 17.9 Å². The first-order chi connectivity index (χ1) is 12.5. The minimum absolute atomic E-state index is 0.227. The lowest BCUT2D eigenvalue weighted by Crippen LogP contribution is -2.50. The van der Waals surface area contributed by atoms with Gasteiger partial charge in [0, 0.05) is 22.7 Å². The summed E-state index contributed by atoms with van der Waals surface area (Å²) in [7, 11) is 0. The molecule has 0 atom stereocenters. The normalized spacial score (nSPS) is 23.9. The standard InChI is InChI=1S/C20H27ClN2O3/c21-16-3-1-4-17(26-14-19(6-7-19)18(24)25)15(16)13-23-12-2-5-20(23)8-10-22-11-9-20/h1,3-4,22H,2,5-14H2,(H,24,25). The van der Waals surface area contributed by atoms with E-state index < -0.39 is 11.4 Å². The average Bonchev–Trinajstić information content (AvgIpc) is 3.35. The van der Waals surface area contributed by atoms with Crippen LogP contribution < -0.4 is 10.1 Å². The molecular formula is C20H27ClN2O3. The van der Waals surface area contributed by atoms with Crippen LogP contribution in [0.5, 0.6) is 5.75 Å². The van der Waals surface area contributed by atoms with Crippen LogP contribution in [0.15, 0.2) is 18.2 Å². The number of carbonyl (C=O) groups is 1. The molecule has 6 heteroatoms. The van der Waals surface area contributed by atoms with Crippen LogP contribution in [0, 0.1) is 5.41 Å². The van der Waals surface area contributed by atoms with Crippen molar-refractivity contribution in [2.75, 3.05) is 26.2 Å². The lowest BCUT2D eigenvalue weighted by molar-refractivity contribution is -0.144. The molecule has 4 rings (SSSR count). The van der Waals surface area contributed by atoms with Gasteiger partial charge in [0.2, 0.25) is 0 Å². The summed E-state index contributed by atoms with van der Waals surface area (Å²) in [4.78, 5) is 14.0. The van der Waals surface area contributed by atoms with Crippen LogP contribution in [-0.2, 0) is 11.3 Å². The predicted molar refractivity (Wildman–Crippen MR) is 101 cm³/mol. The summed E-state index contributed by atoms with van der Waals surface area (Å²) >= 11 is 6.53. The van der Waals surface area contributed by atoms with Gasteiger partial charge in [-0.25, -0.2) is 0 Å². The van der Waals surface area contributed by atoms with Gasteiger partial charge in [-0.1, -0.05) is 17.7 Å². The molecule has 2 aliphatic heterocycles. The van der Waals surface area contributed by atoms with E-state index in [9.17, 15) is 9.90 Å². The summed E-state index contributed by atoms with van der Waals surface area (Å²) in [6.07, 6.45) is 6.21. The van der Waals surface area contributed by atoms with Crippen LogP contribution in [0.3, 0.4) is 0 Å². The average molecular weight is 379 g/mol. The van der Waals surface area contributed by atoms with Crippen molar-refractivity contribution in [1.29, 1.82) is 0 Å². The number of hydrogen-bond acceptors (Lipinski definition) is 4. The zero-order valence-corrected chi connectivity index (χ0v) is 15.9. The molecule has 0 radical (unpaired) electrons. The molecule has 1 saturated carbocycles. The Kier molecular flexibility index (Phi) is 4.88. The highest BCUT2D eigenvalue weighted by molar-refractivity contribution is 6.31. The number of carboxylic acid groups (broad SMARTS) is 1. The summed E-state index contributed by atoms with van der Waals surface area (Å²) in [5.41, 5.74) is 0.583. The number of rotatable bonds is 6. The fraction of sp³-hybridized carbons (Fsp3) is 0.650. The second kappa shape index (κ2) is 7.02. The van der Waals surface area contributed by atoms with Crippen molar-refractivity contribution in [1.82, 2.24) is 10.2 Å². The van der Waals surface area contributed by atoms with Gasteiger partial charge in [0.1, 0.15) is 17.8 Å². The Morgan fingerprint density at radius 2 is 2.00 bits per heavy atom. The summed E-state index contributed by atoms with van der Waals surface area (Å²) in [6, 6.07) is 5.70. The van der Waals surface area contributed by atoms with Crippen molar-refractivity contribution >= 4 is 17.6 Å². The van der Waals surface area contributed by atoms with E-state index in [1.807, 2.05) is 18.2 Å². The minimum Gasteiger partial charge on any atom is -0.492 e. The summed E-state index contributed by atoms with van der Waals surface area (Å²) in [5.74, 6) is -0.0183. The molecule has 2 saturated heterocycles. The molecule has 3 aliphatic rings. The van der Waals surface area contributed by atoms with Gasteiger partial charge >= 0.3 is 5.97 Å². The van der Waals surface area contributed by atoms with Gasteiger partial charge in [0.05, 0.1) is 0 Å². The first-order valence-electron chi connectivity index (χ1n) is 9.64. The Bertz CT molecular complexity index is 684. The number of carboxylic acids is 1. The molecule has 3 fully saturated rings. The summed E-state index contributed by atoms with van der Waals surface area (Å²) in [5, 5.41) is 13.6. The maximum Gasteiger partial charge on any atom is 0.313 e. The Hall–Kier alpha value is -1.30. The second-order valence-corrected chi connectivity index (χ2v) is 8.50. The molecule has 1 aromatic carbocycles. The van der Waals surface area contributed by atoms with Crippen LogP contribution in [0.25, 0.3) is 0 Å². The van der Waals surface area contributed by atoms with Crippen LogP contribution in [0.4, 0.5) is 0 Å². The van der Waals surface area contributed by atoms with E-state index in [4.69, 9.17) is 16.3 Å². The van der Waals surface area contributed by atoms with Crippen molar-refractivity contribution in [2.24, 2.45) is 5.41 Å². The van der Waals surface area contributed by atoms with Gasteiger partial charge in [-0.3, -0.25) is 9.69 Å². The lowest BCUT2D eigenvalue weighted by Gasteiger charge is -2.42. The number of piperidine rings is 1. The van der Waals surface area contributed by atoms with Crippen molar-refractivity contribution in [3.8, 4) is 5.75 Å². The molecule has 2 N–H and O–H groups in total. The van der Waals surface area contributed by atoms with Gasteiger partial charge in [0.25, 0.3) is 0 Å². The van der Waals surface area contributed by atoms with Gasteiger partial charge < -0.3 is 15.2 Å². The molecule has 1 spiro atoms. The summed E-state index contributed by atoms with van der Waals surface area (Å²) in [6.45, 7) is 4.23. The fourth-order valence-corrected chi connectivity index (χ4v) is 4.73. The maximum absolute atomic E-state index is 11.4. The zero-order chi connectivity index (χ0) is 18.2. The van der Waals surface area contributed by atoms with E-state index in [1.54, 1.807) is 0 Å². The topological polar surface area (TPSA) is 61.8 Å². The number of ether oxygens (including phenoxy) is 1. The molecule has 2 heterocycles. The van der Waals surface area contributed by atoms with E-state index in [2.05, 4.69) is 10.2 Å². The Morgan fingerprint density at radius 1 is 1.23 bits per heavy atom. The van der Waals surface area contributed by atoms with E-state index in [0.717, 1.165) is 37.5 Å². The SMILES string of the molecule is O=C(O)C1(COc2cccc(Cl)c2CN2CCCC23CCNCC3)CC1. The van der Waals surface area contributed by atoms with Gasteiger partial charge in [-0.15, -0.1) is 0 Å². The Labute approximate surface area is 159 Å². The third kappa shape index (κ3) is 3.32. The molecule has 0 aromatic heterocycles. The molecular weight excluding hydrogens is 352 g/mol. The first kappa shape index (κ1) is 18.1. The number of halogens is 1. The highest BCUT2D eigenvalue weighted by Crippen LogP contribution is 2.47. The molecule has 1 aliphatic carbocycles. The molecule has 1 aromatic rings. The number of hydrogen-bond donors (Lipinski definition) is 2. The highest BCUT2D eigenvalue weighted by atomic mass is 35.5. The molecule has 142 valence electrons. The van der Waals surface area contributed by atoms with Crippen LogP contribution in [0.1, 0.15) is 44.1 Å². The maximum atomic E-state index is 11.4. The highest BCUT2D eigenvalue weighted by Gasteiger charge is 2.51. The van der Waals surface area contributed by atoms with Gasteiger partial charge in [-0.05, 0) is 70.3 Å². The first-order valence-corrected chi connectivity index (χ1v) is 10.0. The largest absolute Gasteiger partial charge is 0.492 e. The van der Waals surface area contributed by atoms with E-state index in [1.165, 1.54) is 25.7 Å². The second-order valence-electron chi connectivity index (χ2n) is 8.09. The van der Waals surface area contributed by atoms with E-state index >= 15 is 0 Å². The number of benzene rings is 1. The molecule has 0 bridgehead atoms. The number of aliphatic carboxylic acids is 1. The van der Waals surface area contributed by atoms with Crippen molar-refractivity contribution < 1.29 is 14.6 Å². The molecule has 26 heavy (non-hydrogen) atoms.